The van der Waals surface area contributed by atoms with Crippen molar-refractivity contribution in [1.29, 1.82) is 0 Å². The second kappa shape index (κ2) is 8.53. The first-order valence-corrected chi connectivity index (χ1v) is 7.37. The Kier molecular flexibility index (Phi) is 6.16. The molecule has 1 aromatic heterocycles. The maximum atomic E-state index is 11.8. The molecule has 0 atom stereocenters. The number of esters is 1. The third-order valence-electron chi connectivity index (χ3n) is 3.21. The number of nitrogens with zero attached hydrogens (tertiary/aromatic N) is 1. The van der Waals surface area contributed by atoms with Crippen LogP contribution in [0.15, 0.2) is 42.6 Å². The first kappa shape index (κ1) is 18.1. The fourth-order valence-corrected chi connectivity index (χ4v) is 1.93. The highest BCUT2D eigenvalue weighted by molar-refractivity contribution is 6.04. The molecular formula is C17H18N2O6. The minimum Gasteiger partial charge on any atom is -0.497 e. The van der Waals surface area contributed by atoms with E-state index in [2.05, 4.69) is 5.32 Å². The molecule has 0 aliphatic heterocycles. The van der Waals surface area contributed by atoms with Crippen LogP contribution in [0.5, 0.6) is 11.5 Å². The molecule has 25 heavy (non-hydrogen) atoms. The van der Waals surface area contributed by atoms with E-state index in [1.807, 2.05) is 0 Å². The van der Waals surface area contributed by atoms with Gasteiger partial charge in [-0.15, -0.1) is 0 Å². The summed E-state index contributed by atoms with van der Waals surface area (Å²) in [6.45, 7) is -0.924. The van der Waals surface area contributed by atoms with Crippen LogP contribution >= 0.6 is 0 Å². The van der Waals surface area contributed by atoms with E-state index in [0.717, 1.165) is 0 Å². The molecule has 1 heterocycles. The first-order valence-electron chi connectivity index (χ1n) is 7.37. The van der Waals surface area contributed by atoms with Gasteiger partial charge in [0.1, 0.15) is 17.2 Å². The zero-order valence-electron chi connectivity index (χ0n) is 13.9. The van der Waals surface area contributed by atoms with Gasteiger partial charge in [0.15, 0.2) is 13.2 Å². The topological polar surface area (TPSA) is 95.9 Å². The van der Waals surface area contributed by atoms with Gasteiger partial charge in [-0.2, -0.15) is 0 Å². The van der Waals surface area contributed by atoms with E-state index in [4.69, 9.17) is 14.2 Å². The molecule has 0 spiro atoms. The van der Waals surface area contributed by atoms with Crippen LogP contribution in [0.25, 0.3) is 0 Å². The van der Waals surface area contributed by atoms with Crippen molar-refractivity contribution in [3.63, 3.8) is 0 Å². The number of nitrogens with one attached hydrogen (secondary N) is 1. The molecule has 2 rings (SSSR count). The number of benzene rings is 1. The molecule has 0 saturated carbocycles. The number of carbonyl (C=O) groups is 3. The van der Waals surface area contributed by atoms with Crippen LogP contribution in [-0.4, -0.2) is 42.7 Å². The highest BCUT2D eigenvalue weighted by Crippen LogP contribution is 2.16. The number of amides is 2. The maximum Gasteiger partial charge on any atom is 0.344 e. The molecule has 0 bridgehead atoms. The fraction of sp³-hybridized carbons (Fsp3) is 0.235. The van der Waals surface area contributed by atoms with Crippen LogP contribution in [0.3, 0.4) is 0 Å². The van der Waals surface area contributed by atoms with Crippen molar-refractivity contribution in [1.82, 2.24) is 9.88 Å². The highest BCUT2D eigenvalue weighted by atomic mass is 16.6. The first-order chi connectivity index (χ1) is 12.0. The Bertz CT molecular complexity index is 751. The van der Waals surface area contributed by atoms with Gasteiger partial charge in [0.25, 0.3) is 11.8 Å². The fourth-order valence-electron chi connectivity index (χ4n) is 1.93. The van der Waals surface area contributed by atoms with Crippen LogP contribution in [0.2, 0.25) is 0 Å². The van der Waals surface area contributed by atoms with Crippen molar-refractivity contribution in [3.05, 3.63) is 48.3 Å². The molecule has 0 unspecified atom stereocenters. The average Bonchev–Trinajstić information content (AvgIpc) is 3.04. The quantitative estimate of drug-likeness (QED) is 0.749. The second-order valence-corrected chi connectivity index (χ2v) is 5.01. The predicted molar refractivity (Wildman–Crippen MR) is 87.3 cm³/mol. The van der Waals surface area contributed by atoms with Crippen LogP contribution in [-0.2, 0) is 21.4 Å². The van der Waals surface area contributed by atoms with Crippen molar-refractivity contribution in [3.8, 4) is 11.5 Å². The molecular weight excluding hydrogens is 328 g/mol. The van der Waals surface area contributed by atoms with Gasteiger partial charge in [-0.25, -0.2) is 4.79 Å². The number of aryl methyl sites for hydroxylation is 1. The van der Waals surface area contributed by atoms with Gasteiger partial charge in [-0.3, -0.25) is 14.9 Å². The monoisotopic (exact) mass is 346 g/mol. The van der Waals surface area contributed by atoms with E-state index >= 15 is 0 Å². The molecule has 2 aromatic rings. The molecule has 0 fully saturated rings. The molecule has 1 aromatic carbocycles. The molecule has 2 amide bonds. The highest BCUT2D eigenvalue weighted by Gasteiger charge is 2.14. The van der Waals surface area contributed by atoms with Crippen molar-refractivity contribution in [2.24, 2.45) is 7.05 Å². The number of methoxy groups -OCH3 is 1. The van der Waals surface area contributed by atoms with Crippen LogP contribution < -0.4 is 14.8 Å². The summed E-state index contributed by atoms with van der Waals surface area (Å²) in [6, 6.07) is 9.88. The predicted octanol–water partition coefficient (Wildman–Crippen LogP) is 0.912. The lowest BCUT2D eigenvalue weighted by molar-refractivity contribution is -0.150. The lowest BCUT2D eigenvalue weighted by atomic mass is 10.3. The van der Waals surface area contributed by atoms with Gasteiger partial charge in [0.05, 0.1) is 7.11 Å². The summed E-state index contributed by atoms with van der Waals surface area (Å²) >= 11 is 0. The van der Waals surface area contributed by atoms with E-state index in [1.54, 1.807) is 61.3 Å². The van der Waals surface area contributed by atoms with E-state index < -0.39 is 24.4 Å². The third kappa shape index (κ3) is 5.38. The van der Waals surface area contributed by atoms with Crippen LogP contribution in [0, 0.1) is 0 Å². The third-order valence-corrected chi connectivity index (χ3v) is 3.21. The Hall–Kier alpha value is -3.29. The normalized spacial score (nSPS) is 10.0. The molecule has 8 heteroatoms. The van der Waals surface area contributed by atoms with E-state index in [0.29, 0.717) is 17.2 Å². The molecule has 0 saturated heterocycles. The van der Waals surface area contributed by atoms with E-state index in [9.17, 15) is 14.4 Å². The number of imide groups is 1. The average molecular weight is 346 g/mol. The number of aromatic nitrogens is 1. The van der Waals surface area contributed by atoms with Gasteiger partial charge in [-0.1, -0.05) is 0 Å². The smallest absolute Gasteiger partial charge is 0.344 e. The zero-order valence-corrected chi connectivity index (χ0v) is 13.9. The molecule has 1 N–H and O–H groups in total. The Morgan fingerprint density at radius 3 is 2.32 bits per heavy atom. The van der Waals surface area contributed by atoms with Gasteiger partial charge in [0.2, 0.25) is 0 Å². The lowest BCUT2D eigenvalue weighted by Crippen LogP contribution is -2.35. The number of hydrogen-bond donors (Lipinski definition) is 1. The summed E-state index contributed by atoms with van der Waals surface area (Å²) in [5, 5.41) is 2.13. The SMILES string of the molecule is COc1ccc(OCC(=O)OCC(=O)NC(=O)c2cccn2C)cc1. The molecule has 0 aliphatic carbocycles. The summed E-state index contributed by atoms with van der Waals surface area (Å²) in [5.74, 6) is -0.889. The standard InChI is InChI=1S/C17H18N2O6/c1-19-9-3-4-14(19)17(22)18-15(20)10-25-16(21)11-24-13-7-5-12(23-2)6-8-13/h3-9H,10-11H2,1-2H3,(H,18,20,22). The van der Waals surface area contributed by atoms with Crippen molar-refractivity contribution < 1.29 is 28.6 Å². The molecule has 0 radical (unpaired) electrons. The van der Waals surface area contributed by atoms with Gasteiger partial charge < -0.3 is 18.8 Å². The summed E-state index contributed by atoms with van der Waals surface area (Å²) < 4.78 is 16.6. The largest absolute Gasteiger partial charge is 0.497 e. The summed E-state index contributed by atoms with van der Waals surface area (Å²) in [4.78, 5) is 35.0. The Morgan fingerprint density at radius 2 is 1.72 bits per heavy atom. The van der Waals surface area contributed by atoms with Crippen LogP contribution in [0.1, 0.15) is 10.5 Å². The minimum atomic E-state index is -0.725. The number of carbonyl (C=O) groups excluding carboxylic acids is 3. The second-order valence-electron chi connectivity index (χ2n) is 5.01. The van der Waals surface area contributed by atoms with Crippen molar-refractivity contribution in [2.75, 3.05) is 20.3 Å². The summed E-state index contributed by atoms with van der Waals surface area (Å²) in [7, 11) is 3.22. The molecule has 0 aliphatic rings. The molecule has 132 valence electrons. The van der Waals surface area contributed by atoms with Gasteiger partial charge in [-0.05, 0) is 36.4 Å². The lowest BCUT2D eigenvalue weighted by Gasteiger charge is -2.08. The Morgan fingerprint density at radius 1 is 1.04 bits per heavy atom. The number of ether oxygens (including phenoxy) is 3. The van der Waals surface area contributed by atoms with E-state index in [-0.39, 0.29) is 6.61 Å². The van der Waals surface area contributed by atoms with Crippen molar-refractivity contribution in [2.45, 2.75) is 0 Å². The zero-order chi connectivity index (χ0) is 18.2. The molecule has 8 nitrogen and oxygen atoms in total. The van der Waals surface area contributed by atoms with Crippen LogP contribution in [0.4, 0.5) is 0 Å². The summed E-state index contributed by atoms with van der Waals surface area (Å²) in [6.07, 6.45) is 1.68. The Balaban J connectivity index is 1.71. The van der Waals surface area contributed by atoms with Gasteiger partial charge >= 0.3 is 5.97 Å². The number of rotatable bonds is 7. The minimum absolute atomic E-state index is 0.322. The summed E-state index contributed by atoms with van der Waals surface area (Å²) in [5.41, 5.74) is 0.322. The van der Waals surface area contributed by atoms with Gasteiger partial charge in [0, 0.05) is 13.2 Å². The Labute approximate surface area is 144 Å². The van der Waals surface area contributed by atoms with E-state index in [1.165, 1.54) is 0 Å². The van der Waals surface area contributed by atoms with Crippen molar-refractivity contribution >= 4 is 17.8 Å². The maximum absolute atomic E-state index is 11.8. The number of hydrogen-bond acceptors (Lipinski definition) is 6.